The Morgan fingerprint density at radius 1 is 1.07 bits per heavy atom. The molecule has 2 aromatic rings. The number of likely N-dealkylation sites (tertiary alicyclic amines) is 1. The summed E-state index contributed by atoms with van der Waals surface area (Å²) in [7, 11) is 0. The van der Waals surface area contributed by atoms with Crippen LogP contribution in [-0.4, -0.2) is 48.0 Å². The maximum Gasteiger partial charge on any atom is 0.252 e. The van der Waals surface area contributed by atoms with Crippen LogP contribution in [-0.2, 0) is 9.59 Å². The van der Waals surface area contributed by atoms with Crippen molar-refractivity contribution in [1.82, 2.24) is 10.2 Å². The second kappa shape index (κ2) is 10.5. The van der Waals surface area contributed by atoms with Crippen LogP contribution < -0.4 is 10.6 Å². The molecule has 1 saturated heterocycles. The van der Waals surface area contributed by atoms with Gasteiger partial charge in [0, 0.05) is 29.2 Å². The van der Waals surface area contributed by atoms with E-state index >= 15 is 0 Å². The van der Waals surface area contributed by atoms with Gasteiger partial charge in [0.05, 0.1) is 17.9 Å². The highest BCUT2D eigenvalue weighted by Crippen LogP contribution is 2.23. The first-order valence-electron chi connectivity index (χ1n) is 9.71. The van der Waals surface area contributed by atoms with E-state index in [1.165, 1.54) is 11.8 Å². The van der Waals surface area contributed by atoms with E-state index in [0.717, 1.165) is 25.9 Å². The lowest BCUT2D eigenvalue weighted by molar-refractivity contribution is -0.127. The Kier molecular flexibility index (Phi) is 7.52. The molecule has 2 aromatic carbocycles. The van der Waals surface area contributed by atoms with Crippen molar-refractivity contribution < 1.29 is 14.4 Å². The molecular weight excluding hydrogens is 398 g/mol. The molecule has 1 fully saturated rings. The van der Waals surface area contributed by atoms with Crippen LogP contribution >= 0.6 is 11.8 Å². The first-order chi connectivity index (χ1) is 14.6. The monoisotopic (exact) mass is 421 g/mol. The van der Waals surface area contributed by atoms with Gasteiger partial charge in [0.2, 0.25) is 11.8 Å². The number of nitrogens with zero attached hydrogens (tertiary/aromatic N) is 1. The van der Waals surface area contributed by atoms with Gasteiger partial charge in [0.25, 0.3) is 5.91 Å². The van der Waals surface area contributed by atoms with Crippen LogP contribution in [0.4, 0.5) is 5.69 Å². The van der Waals surface area contributed by atoms with Gasteiger partial charge in [-0.2, -0.15) is 0 Å². The van der Waals surface area contributed by atoms with E-state index in [1.54, 1.807) is 36.4 Å². The molecule has 30 heavy (non-hydrogen) atoms. The molecular formula is C23H23N3O3S. The standard InChI is InChI=1S/C23H23N3O3S/c1-2-17-8-7-9-18(14-17)25-21(27)15-24-23(29)19-10-3-4-11-20(19)30-16-22(28)26-12-5-6-13-26/h1,3-4,7-11,14H,5-6,12-13,15-16H2,(H,24,29)(H,25,27). The zero-order chi connectivity index (χ0) is 21.3. The number of benzene rings is 2. The molecule has 0 atom stereocenters. The smallest absolute Gasteiger partial charge is 0.252 e. The number of hydrogen-bond donors (Lipinski definition) is 2. The Morgan fingerprint density at radius 2 is 1.83 bits per heavy atom. The second-order valence-corrected chi connectivity index (χ2v) is 7.85. The molecule has 2 N–H and O–H groups in total. The van der Waals surface area contributed by atoms with Crippen molar-refractivity contribution in [1.29, 1.82) is 0 Å². The van der Waals surface area contributed by atoms with Crippen LogP contribution in [0.3, 0.4) is 0 Å². The predicted octanol–water partition coefficient (Wildman–Crippen LogP) is 2.75. The van der Waals surface area contributed by atoms with Crippen LogP contribution in [0.25, 0.3) is 0 Å². The third-order valence-corrected chi connectivity index (χ3v) is 5.72. The highest BCUT2D eigenvalue weighted by atomic mass is 32.2. The van der Waals surface area contributed by atoms with E-state index in [0.29, 0.717) is 21.7 Å². The zero-order valence-corrected chi connectivity index (χ0v) is 17.3. The van der Waals surface area contributed by atoms with Gasteiger partial charge in [-0.3, -0.25) is 14.4 Å². The summed E-state index contributed by atoms with van der Waals surface area (Å²) in [6.07, 6.45) is 7.45. The van der Waals surface area contributed by atoms with Gasteiger partial charge in [-0.25, -0.2) is 0 Å². The van der Waals surface area contributed by atoms with Gasteiger partial charge >= 0.3 is 0 Å². The number of thioether (sulfide) groups is 1. The van der Waals surface area contributed by atoms with Crippen molar-refractivity contribution >= 4 is 35.2 Å². The van der Waals surface area contributed by atoms with Crippen LogP contribution in [0.5, 0.6) is 0 Å². The highest BCUT2D eigenvalue weighted by Gasteiger charge is 2.19. The van der Waals surface area contributed by atoms with E-state index in [-0.39, 0.29) is 30.0 Å². The highest BCUT2D eigenvalue weighted by molar-refractivity contribution is 8.00. The number of rotatable bonds is 7. The maximum atomic E-state index is 12.6. The molecule has 1 heterocycles. The van der Waals surface area contributed by atoms with Crippen molar-refractivity contribution in [3.63, 3.8) is 0 Å². The minimum absolute atomic E-state index is 0.0845. The fourth-order valence-corrected chi connectivity index (χ4v) is 4.08. The largest absolute Gasteiger partial charge is 0.343 e. The number of terminal acetylenes is 1. The molecule has 1 aliphatic rings. The summed E-state index contributed by atoms with van der Waals surface area (Å²) in [5.41, 5.74) is 1.67. The molecule has 1 aliphatic heterocycles. The Hall–Kier alpha value is -3.24. The van der Waals surface area contributed by atoms with Crippen molar-refractivity contribution in [2.75, 3.05) is 30.7 Å². The topological polar surface area (TPSA) is 78.5 Å². The van der Waals surface area contributed by atoms with Gasteiger partial charge < -0.3 is 15.5 Å². The fourth-order valence-electron chi connectivity index (χ4n) is 3.13. The number of anilines is 1. The summed E-state index contributed by atoms with van der Waals surface area (Å²) < 4.78 is 0. The molecule has 0 unspecified atom stereocenters. The van der Waals surface area contributed by atoms with Crippen LogP contribution in [0.15, 0.2) is 53.4 Å². The van der Waals surface area contributed by atoms with Crippen LogP contribution in [0.2, 0.25) is 0 Å². The average Bonchev–Trinajstić information content (AvgIpc) is 3.31. The van der Waals surface area contributed by atoms with Gasteiger partial charge in [-0.05, 0) is 43.2 Å². The molecule has 0 saturated carbocycles. The number of carbonyl (C=O) groups excluding carboxylic acids is 3. The van der Waals surface area contributed by atoms with E-state index in [1.807, 2.05) is 17.0 Å². The molecule has 0 aromatic heterocycles. The summed E-state index contributed by atoms with van der Waals surface area (Å²) in [5, 5.41) is 5.34. The summed E-state index contributed by atoms with van der Waals surface area (Å²) >= 11 is 1.34. The number of nitrogens with one attached hydrogen (secondary N) is 2. The second-order valence-electron chi connectivity index (χ2n) is 6.83. The lowest BCUT2D eigenvalue weighted by Gasteiger charge is -2.15. The fraction of sp³-hybridized carbons (Fsp3) is 0.261. The number of amides is 3. The molecule has 3 amide bonds. The Labute approximate surface area is 180 Å². The van der Waals surface area contributed by atoms with E-state index in [9.17, 15) is 14.4 Å². The molecule has 0 bridgehead atoms. The lowest BCUT2D eigenvalue weighted by atomic mass is 10.2. The van der Waals surface area contributed by atoms with E-state index < -0.39 is 0 Å². The zero-order valence-electron chi connectivity index (χ0n) is 16.5. The average molecular weight is 422 g/mol. The Balaban J connectivity index is 1.54. The number of hydrogen-bond acceptors (Lipinski definition) is 4. The lowest BCUT2D eigenvalue weighted by Crippen LogP contribution is -2.33. The van der Waals surface area contributed by atoms with Crippen molar-refractivity contribution in [3.8, 4) is 12.3 Å². The minimum Gasteiger partial charge on any atom is -0.343 e. The van der Waals surface area contributed by atoms with E-state index in [2.05, 4.69) is 16.6 Å². The molecule has 6 nitrogen and oxygen atoms in total. The maximum absolute atomic E-state index is 12.6. The van der Waals surface area contributed by atoms with Gasteiger partial charge in [0.1, 0.15) is 0 Å². The Morgan fingerprint density at radius 3 is 2.60 bits per heavy atom. The normalized spacial score (nSPS) is 12.8. The first-order valence-corrected chi connectivity index (χ1v) is 10.7. The predicted molar refractivity (Wildman–Crippen MR) is 118 cm³/mol. The summed E-state index contributed by atoms with van der Waals surface area (Å²) in [6.45, 7) is 1.44. The van der Waals surface area contributed by atoms with Crippen molar-refractivity contribution in [2.24, 2.45) is 0 Å². The van der Waals surface area contributed by atoms with Gasteiger partial charge in [-0.15, -0.1) is 18.2 Å². The Bertz CT molecular complexity index is 978. The van der Waals surface area contributed by atoms with Crippen LogP contribution in [0.1, 0.15) is 28.8 Å². The number of carbonyl (C=O) groups is 3. The van der Waals surface area contributed by atoms with Crippen LogP contribution in [0, 0.1) is 12.3 Å². The first kappa shape index (κ1) is 21.5. The van der Waals surface area contributed by atoms with Crippen molar-refractivity contribution in [2.45, 2.75) is 17.7 Å². The molecule has 0 aliphatic carbocycles. The summed E-state index contributed by atoms with van der Waals surface area (Å²) in [6, 6.07) is 14.0. The summed E-state index contributed by atoms with van der Waals surface area (Å²) in [4.78, 5) is 39.6. The molecule has 0 spiro atoms. The van der Waals surface area contributed by atoms with E-state index in [4.69, 9.17) is 6.42 Å². The molecule has 7 heteroatoms. The third-order valence-electron chi connectivity index (χ3n) is 4.66. The summed E-state index contributed by atoms with van der Waals surface area (Å²) in [5.74, 6) is 2.16. The molecule has 0 radical (unpaired) electrons. The quantitative estimate of drug-likeness (QED) is 0.532. The third kappa shape index (κ3) is 5.88. The molecule has 154 valence electrons. The van der Waals surface area contributed by atoms with Crippen molar-refractivity contribution in [3.05, 3.63) is 59.7 Å². The SMILES string of the molecule is C#Cc1cccc(NC(=O)CNC(=O)c2ccccc2SCC(=O)N2CCCC2)c1. The van der Waals surface area contributed by atoms with Gasteiger partial charge in [-0.1, -0.05) is 24.1 Å². The molecule has 3 rings (SSSR count). The van der Waals surface area contributed by atoms with Gasteiger partial charge in [0.15, 0.2) is 0 Å². The minimum atomic E-state index is -0.362.